The molecule has 0 bridgehead atoms. The number of rotatable bonds is 9. The number of carbonyl (C=O) groups excluding carboxylic acids is 3. The lowest BCUT2D eigenvalue weighted by Crippen LogP contribution is -2.50. The third kappa shape index (κ3) is 8.78. The summed E-state index contributed by atoms with van der Waals surface area (Å²) in [6, 6.07) is 17.2. The molecule has 0 aliphatic heterocycles. The van der Waals surface area contributed by atoms with Crippen molar-refractivity contribution in [3.63, 3.8) is 0 Å². The van der Waals surface area contributed by atoms with Crippen LogP contribution in [0.15, 0.2) is 66.9 Å². The van der Waals surface area contributed by atoms with Gasteiger partial charge in [0, 0.05) is 29.8 Å². The number of tetrazole rings is 1. The molecule has 0 radical (unpaired) electrons. The van der Waals surface area contributed by atoms with Crippen molar-refractivity contribution in [2.75, 3.05) is 11.4 Å². The van der Waals surface area contributed by atoms with Crippen molar-refractivity contribution < 1.29 is 19.1 Å². The molecule has 12 nitrogen and oxygen atoms in total. The van der Waals surface area contributed by atoms with Crippen LogP contribution in [0.25, 0.3) is 22.5 Å². The summed E-state index contributed by atoms with van der Waals surface area (Å²) in [6.45, 7) is 5.91. The number of carbonyl (C=O) groups is 3. The van der Waals surface area contributed by atoms with Crippen molar-refractivity contribution in [2.24, 2.45) is 17.6 Å². The first-order valence-electron chi connectivity index (χ1n) is 15.6. The Kier molecular flexibility index (Phi) is 10.6. The maximum absolute atomic E-state index is 14.1. The number of H-pyrrole nitrogens is 1. The minimum atomic E-state index is -0.974. The fourth-order valence-corrected chi connectivity index (χ4v) is 5.90. The van der Waals surface area contributed by atoms with Gasteiger partial charge in [-0.3, -0.25) is 9.59 Å². The molecule has 3 amide bonds. The normalized spacial score (nSPS) is 17.0. The first kappa shape index (κ1) is 33.7. The molecule has 47 heavy (non-hydrogen) atoms. The number of amides is 3. The van der Waals surface area contributed by atoms with Gasteiger partial charge in [-0.1, -0.05) is 35.9 Å². The molecule has 0 unspecified atom stereocenters. The summed E-state index contributed by atoms with van der Waals surface area (Å²) >= 11 is 6.26. The van der Waals surface area contributed by atoms with E-state index in [0.717, 1.165) is 29.5 Å². The number of aromatic amines is 1. The van der Waals surface area contributed by atoms with Crippen molar-refractivity contribution in [3.05, 3.63) is 77.6 Å². The minimum Gasteiger partial charge on any atom is -0.444 e. The highest BCUT2D eigenvalue weighted by Crippen LogP contribution is 2.32. The van der Waals surface area contributed by atoms with Gasteiger partial charge >= 0.3 is 6.09 Å². The molecule has 0 saturated heterocycles. The summed E-state index contributed by atoms with van der Waals surface area (Å²) in [4.78, 5) is 45.5. The van der Waals surface area contributed by atoms with Gasteiger partial charge in [0.05, 0.1) is 11.7 Å². The third-order valence-electron chi connectivity index (χ3n) is 8.10. The van der Waals surface area contributed by atoms with E-state index in [9.17, 15) is 14.4 Å². The molecular formula is C34H39ClN8O4. The monoisotopic (exact) mass is 658 g/mol. The van der Waals surface area contributed by atoms with Crippen molar-refractivity contribution in [1.29, 1.82) is 0 Å². The van der Waals surface area contributed by atoms with Crippen LogP contribution in [0.1, 0.15) is 52.0 Å². The van der Waals surface area contributed by atoms with Gasteiger partial charge in [-0.2, -0.15) is 5.21 Å². The van der Waals surface area contributed by atoms with Crippen molar-refractivity contribution in [3.8, 4) is 22.5 Å². The summed E-state index contributed by atoms with van der Waals surface area (Å²) in [7, 11) is 0. The molecule has 4 aromatic rings. The van der Waals surface area contributed by atoms with Crippen LogP contribution >= 0.6 is 11.6 Å². The Labute approximate surface area is 278 Å². The average Bonchev–Trinajstić information content (AvgIpc) is 3.60. The molecule has 2 heterocycles. The Morgan fingerprint density at radius 1 is 1.02 bits per heavy atom. The number of aromatic nitrogens is 5. The highest BCUT2D eigenvalue weighted by Gasteiger charge is 2.35. The van der Waals surface area contributed by atoms with Gasteiger partial charge in [0.2, 0.25) is 11.7 Å². The molecule has 1 aliphatic carbocycles. The molecule has 5 rings (SSSR count). The van der Waals surface area contributed by atoms with Crippen LogP contribution < -0.4 is 16.0 Å². The largest absolute Gasteiger partial charge is 0.444 e. The summed E-state index contributed by atoms with van der Waals surface area (Å²) in [5, 5.41) is 17.3. The fraction of sp³-hybridized carbons (Fsp3) is 0.382. The number of hydrogen-bond acceptors (Lipinski definition) is 9. The molecule has 1 atom stereocenters. The van der Waals surface area contributed by atoms with E-state index in [-0.39, 0.29) is 24.2 Å². The van der Waals surface area contributed by atoms with Crippen LogP contribution in [0, 0.1) is 11.8 Å². The van der Waals surface area contributed by atoms with E-state index in [1.54, 1.807) is 30.5 Å². The number of halogens is 1. The van der Waals surface area contributed by atoms with E-state index < -0.39 is 23.6 Å². The second-order valence-electron chi connectivity index (χ2n) is 12.7. The smallest absolute Gasteiger partial charge is 0.407 e. The van der Waals surface area contributed by atoms with E-state index in [2.05, 4.69) is 30.9 Å². The molecule has 246 valence electrons. The van der Waals surface area contributed by atoms with Gasteiger partial charge in [-0.25, -0.2) is 14.7 Å². The van der Waals surface area contributed by atoms with Gasteiger partial charge in [-0.15, -0.1) is 10.2 Å². The van der Waals surface area contributed by atoms with E-state index in [1.165, 1.54) is 4.90 Å². The van der Waals surface area contributed by atoms with E-state index in [0.29, 0.717) is 41.6 Å². The molecule has 0 spiro atoms. The zero-order valence-electron chi connectivity index (χ0n) is 26.6. The zero-order valence-corrected chi connectivity index (χ0v) is 27.4. The molecule has 13 heteroatoms. The van der Waals surface area contributed by atoms with Crippen LogP contribution in [0.3, 0.4) is 0 Å². The predicted molar refractivity (Wildman–Crippen MR) is 178 cm³/mol. The van der Waals surface area contributed by atoms with E-state index >= 15 is 0 Å². The quantitative estimate of drug-likeness (QED) is 0.201. The first-order valence-corrected chi connectivity index (χ1v) is 16.0. The molecule has 4 N–H and O–H groups in total. The minimum absolute atomic E-state index is 0.205. The number of benzene rings is 2. The zero-order chi connectivity index (χ0) is 33.6. The molecule has 1 saturated carbocycles. The number of alkyl carbamates (subject to hydrolysis) is 1. The Hall–Kier alpha value is -4.68. The maximum atomic E-state index is 14.1. The lowest BCUT2D eigenvalue weighted by atomic mass is 9.81. The standard InChI is InChI=1S/C34H39ClN8O4/c1-34(2,3)47-33(46)38-20-22-8-12-25(13-9-22)31(44)43(26-16-14-24(15-17-26)30-39-41-42-40-30)32(45)28(36)19-21-6-10-23(11-7-21)27-5-4-18-37-29(27)35/h4-7,10-11,14-18,22,25,28H,8-9,12-13,19-20,36H2,1-3H3,(H,38,46)(H,39,40,41,42)/t22?,25?,28-/m0/s1. The number of nitrogens with one attached hydrogen (secondary N) is 2. The van der Waals surface area contributed by atoms with Gasteiger partial charge < -0.3 is 15.8 Å². The molecule has 2 aromatic carbocycles. The lowest BCUT2D eigenvalue weighted by molar-refractivity contribution is -0.130. The summed E-state index contributed by atoms with van der Waals surface area (Å²) in [5.41, 5.74) is 9.56. The number of nitrogens with two attached hydrogens (primary N) is 1. The average molecular weight is 659 g/mol. The predicted octanol–water partition coefficient (Wildman–Crippen LogP) is 5.34. The molecule has 2 aromatic heterocycles. The van der Waals surface area contributed by atoms with Gasteiger partial charge in [0.15, 0.2) is 0 Å². The summed E-state index contributed by atoms with van der Waals surface area (Å²) in [6.07, 6.45) is 4.02. The molecular weight excluding hydrogens is 620 g/mol. The number of ether oxygens (including phenoxy) is 1. The fourth-order valence-electron chi connectivity index (χ4n) is 5.67. The number of anilines is 1. The van der Waals surface area contributed by atoms with Crippen LogP contribution in [0.4, 0.5) is 10.5 Å². The number of pyridine rings is 1. The van der Waals surface area contributed by atoms with E-state index in [4.69, 9.17) is 22.1 Å². The van der Waals surface area contributed by atoms with Crippen LogP contribution in [0.2, 0.25) is 5.15 Å². The SMILES string of the molecule is CC(C)(C)OC(=O)NCC1CCC(C(=O)N(C(=O)[C@@H](N)Cc2ccc(-c3cccnc3Cl)cc2)c2ccc(-c3nn[nH]n3)cc2)CC1. The van der Waals surface area contributed by atoms with Gasteiger partial charge in [-0.05, 0) is 112 Å². The summed E-state index contributed by atoms with van der Waals surface area (Å²) in [5.74, 6) is -0.555. The van der Waals surface area contributed by atoms with Crippen LogP contribution in [-0.2, 0) is 20.7 Å². The number of hydrogen-bond donors (Lipinski definition) is 3. The number of imide groups is 1. The van der Waals surface area contributed by atoms with Crippen molar-refractivity contribution in [1.82, 2.24) is 30.9 Å². The van der Waals surface area contributed by atoms with Crippen molar-refractivity contribution >= 4 is 35.2 Å². The molecule has 1 aliphatic rings. The Morgan fingerprint density at radius 2 is 1.70 bits per heavy atom. The number of nitrogens with zero attached hydrogens (tertiary/aromatic N) is 5. The highest BCUT2D eigenvalue weighted by molar-refractivity contribution is 6.32. The topological polar surface area (TPSA) is 169 Å². The van der Waals surface area contributed by atoms with Crippen LogP contribution in [0.5, 0.6) is 0 Å². The summed E-state index contributed by atoms with van der Waals surface area (Å²) < 4.78 is 5.34. The Bertz CT molecular complexity index is 1670. The second-order valence-corrected chi connectivity index (χ2v) is 13.1. The van der Waals surface area contributed by atoms with Gasteiger partial charge in [0.25, 0.3) is 5.91 Å². The third-order valence-corrected chi connectivity index (χ3v) is 8.40. The van der Waals surface area contributed by atoms with Gasteiger partial charge in [0.1, 0.15) is 10.8 Å². The van der Waals surface area contributed by atoms with Crippen molar-refractivity contribution in [2.45, 2.75) is 64.5 Å². The molecule has 1 fully saturated rings. The Balaban J connectivity index is 1.29. The highest BCUT2D eigenvalue weighted by atomic mass is 35.5. The van der Waals surface area contributed by atoms with E-state index in [1.807, 2.05) is 57.2 Å². The lowest BCUT2D eigenvalue weighted by Gasteiger charge is -2.32. The maximum Gasteiger partial charge on any atom is 0.407 e. The second kappa shape index (κ2) is 14.8. The van der Waals surface area contributed by atoms with Crippen LogP contribution in [-0.4, -0.2) is 61.7 Å². The first-order chi connectivity index (χ1) is 22.5. The Morgan fingerprint density at radius 3 is 2.32 bits per heavy atom.